The predicted octanol–water partition coefficient (Wildman–Crippen LogP) is 2.54. The van der Waals surface area contributed by atoms with Gasteiger partial charge in [0.2, 0.25) is 0 Å². The maximum atomic E-state index is 12.5. The molecule has 1 aromatic heterocycles. The fourth-order valence-corrected chi connectivity index (χ4v) is 1.41. The van der Waals surface area contributed by atoms with Gasteiger partial charge in [0.05, 0.1) is 10.8 Å². The van der Waals surface area contributed by atoms with E-state index in [-0.39, 0.29) is 5.56 Å². The topological polar surface area (TPSA) is 79.8 Å². The van der Waals surface area contributed by atoms with Gasteiger partial charge in [-0.1, -0.05) is 0 Å². The Morgan fingerprint density at radius 3 is 2.69 bits per heavy atom. The standard InChI is InChI=1S/C8H4ClF2N3O2/c9-1-4-5(2-12)6(14(15)16)3-13-7(4)8(10)11/h3,8H,1H2. The summed E-state index contributed by atoms with van der Waals surface area (Å²) in [6.07, 6.45) is -2.29. The van der Waals surface area contributed by atoms with Crippen molar-refractivity contribution in [2.75, 3.05) is 0 Å². The van der Waals surface area contributed by atoms with Crippen molar-refractivity contribution in [2.45, 2.75) is 12.3 Å². The van der Waals surface area contributed by atoms with Gasteiger partial charge < -0.3 is 0 Å². The van der Waals surface area contributed by atoms with Crippen LogP contribution in [-0.2, 0) is 5.88 Å². The average molecular weight is 248 g/mol. The molecule has 0 radical (unpaired) electrons. The number of rotatable bonds is 3. The molecule has 0 N–H and O–H groups in total. The summed E-state index contributed by atoms with van der Waals surface area (Å²) >= 11 is 5.39. The van der Waals surface area contributed by atoms with Crippen molar-refractivity contribution < 1.29 is 13.7 Å². The average Bonchev–Trinajstić information content (AvgIpc) is 2.26. The second-order valence-corrected chi connectivity index (χ2v) is 2.95. The predicted molar refractivity (Wildman–Crippen MR) is 50.1 cm³/mol. The summed E-state index contributed by atoms with van der Waals surface area (Å²) in [5.74, 6) is -0.433. The van der Waals surface area contributed by atoms with E-state index in [4.69, 9.17) is 16.9 Å². The van der Waals surface area contributed by atoms with Gasteiger partial charge >= 0.3 is 5.69 Å². The highest BCUT2D eigenvalue weighted by atomic mass is 35.5. The summed E-state index contributed by atoms with van der Waals surface area (Å²) in [7, 11) is 0. The van der Waals surface area contributed by atoms with E-state index >= 15 is 0 Å². The van der Waals surface area contributed by atoms with Crippen LogP contribution >= 0.6 is 11.6 Å². The summed E-state index contributed by atoms with van der Waals surface area (Å²) in [4.78, 5) is 12.9. The molecule has 0 bridgehead atoms. The van der Waals surface area contributed by atoms with Gasteiger partial charge in [-0.25, -0.2) is 13.8 Å². The Bertz CT molecular complexity index is 473. The first-order valence-electron chi connectivity index (χ1n) is 3.93. The van der Waals surface area contributed by atoms with E-state index in [9.17, 15) is 18.9 Å². The summed E-state index contributed by atoms with van der Waals surface area (Å²) in [5.41, 5.74) is -2.08. The van der Waals surface area contributed by atoms with Gasteiger partial charge in [-0.3, -0.25) is 10.1 Å². The molecule has 0 fully saturated rings. The fraction of sp³-hybridized carbons (Fsp3) is 0.250. The van der Waals surface area contributed by atoms with Crippen LogP contribution in [-0.4, -0.2) is 9.91 Å². The van der Waals surface area contributed by atoms with Crippen LogP contribution in [0.15, 0.2) is 6.20 Å². The number of halogens is 3. The fourth-order valence-electron chi connectivity index (χ4n) is 1.14. The first-order valence-corrected chi connectivity index (χ1v) is 4.46. The minimum Gasteiger partial charge on any atom is -0.258 e. The van der Waals surface area contributed by atoms with Gasteiger partial charge in [-0.15, -0.1) is 11.6 Å². The molecule has 1 heterocycles. The summed E-state index contributed by atoms with van der Waals surface area (Å²) in [6.45, 7) is 0. The highest BCUT2D eigenvalue weighted by Gasteiger charge is 2.25. The van der Waals surface area contributed by atoms with Crippen molar-refractivity contribution >= 4 is 17.3 Å². The monoisotopic (exact) mass is 247 g/mol. The molecule has 84 valence electrons. The Morgan fingerprint density at radius 1 is 1.69 bits per heavy atom. The molecular weight excluding hydrogens is 244 g/mol. The molecule has 5 nitrogen and oxygen atoms in total. The van der Waals surface area contributed by atoms with Crippen molar-refractivity contribution in [3.05, 3.63) is 33.1 Å². The van der Waals surface area contributed by atoms with Crippen molar-refractivity contribution in [2.24, 2.45) is 0 Å². The Labute approximate surface area is 93.4 Å². The molecule has 0 unspecified atom stereocenters. The van der Waals surface area contributed by atoms with Gasteiger partial charge in [0.1, 0.15) is 23.5 Å². The van der Waals surface area contributed by atoms with Crippen LogP contribution in [0.5, 0.6) is 0 Å². The number of nitro groups is 1. The molecule has 0 atom stereocenters. The van der Waals surface area contributed by atoms with Gasteiger partial charge in [0.15, 0.2) is 0 Å². The molecule has 8 heteroatoms. The van der Waals surface area contributed by atoms with Crippen molar-refractivity contribution in [3.8, 4) is 6.07 Å². The molecule has 1 aromatic rings. The van der Waals surface area contributed by atoms with Crippen LogP contribution in [0.1, 0.15) is 23.2 Å². The van der Waals surface area contributed by atoms with Crippen LogP contribution in [0, 0.1) is 21.4 Å². The highest BCUT2D eigenvalue weighted by molar-refractivity contribution is 6.17. The van der Waals surface area contributed by atoms with Crippen molar-refractivity contribution in [1.82, 2.24) is 4.98 Å². The zero-order valence-corrected chi connectivity index (χ0v) is 8.41. The Kier molecular flexibility index (Phi) is 3.68. The lowest BCUT2D eigenvalue weighted by molar-refractivity contribution is -0.385. The zero-order chi connectivity index (χ0) is 12.3. The number of hydrogen-bond acceptors (Lipinski definition) is 4. The van der Waals surface area contributed by atoms with E-state index in [1.54, 1.807) is 0 Å². The lowest BCUT2D eigenvalue weighted by Gasteiger charge is -2.06. The van der Waals surface area contributed by atoms with E-state index in [1.165, 1.54) is 6.07 Å². The highest BCUT2D eigenvalue weighted by Crippen LogP contribution is 2.29. The second-order valence-electron chi connectivity index (χ2n) is 2.69. The Hall–Kier alpha value is -1.81. The first kappa shape index (κ1) is 12.3. The summed E-state index contributed by atoms with van der Waals surface area (Å²) < 4.78 is 24.9. The van der Waals surface area contributed by atoms with Crippen LogP contribution in [0.25, 0.3) is 0 Å². The molecule has 1 rings (SSSR count). The number of pyridine rings is 1. The number of alkyl halides is 3. The van der Waals surface area contributed by atoms with E-state index in [0.717, 1.165) is 0 Å². The maximum Gasteiger partial charge on any atom is 0.305 e. The number of hydrogen-bond donors (Lipinski definition) is 0. The lowest BCUT2D eigenvalue weighted by Crippen LogP contribution is -2.04. The van der Waals surface area contributed by atoms with E-state index in [0.29, 0.717) is 6.20 Å². The van der Waals surface area contributed by atoms with Crippen molar-refractivity contribution in [3.63, 3.8) is 0 Å². The molecule has 0 spiro atoms. The van der Waals surface area contributed by atoms with Gasteiger partial charge in [0.25, 0.3) is 6.43 Å². The molecule has 0 aliphatic carbocycles. The molecule has 0 aromatic carbocycles. The number of nitriles is 1. The van der Waals surface area contributed by atoms with E-state index < -0.39 is 34.2 Å². The second kappa shape index (κ2) is 4.81. The molecule has 0 amide bonds. The smallest absolute Gasteiger partial charge is 0.258 e. The summed E-state index contributed by atoms with van der Waals surface area (Å²) in [5, 5.41) is 19.2. The van der Waals surface area contributed by atoms with E-state index in [2.05, 4.69) is 4.98 Å². The van der Waals surface area contributed by atoms with Crippen LogP contribution in [0.2, 0.25) is 0 Å². The Morgan fingerprint density at radius 2 is 2.31 bits per heavy atom. The van der Waals surface area contributed by atoms with Gasteiger partial charge in [0, 0.05) is 5.56 Å². The lowest BCUT2D eigenvalue weighted by atomic mass is 10.1. The summed E-state index contributed by atoms with van der Waals surface area (Å²) in [6, 6.07) is 1.49. The molecular formula is C8H4ClF2N3O2. The Balaban J connectivity index is 3.54. The first-order chi connectivity index (χ1) is 7.52. The quantitative estimate of drug-likeness (QED) is 0.467. The molecule has 0 saturated carbocycles. The largest absolute Gasteiger partial charge is 0.305 e. The van der Waals surface area contributed by atoms with Gasteiger partial charge in [-0.2, -0.15) is 5.26 Å². The molecule has 0 aliphatic rings. The molecule has 0 aliphatic heterocycles. The van der Waals surface area contributed by atoms with Crippen molar-refractivity contribution in [1.29, 1.82) is 5.26 Å². The minimum absolute atomic E-state index is 0.298. The number of nitrogens with zero attached hydrogens (tertiary/aromatic N) is 3. The minimum atomic E-state index is -2.93. The zero-order valence-electron chi connectivity index (χ0n) is 7.65. The third-order valence-electron chi connectivity index (χ3n) is 1.84. The molecule has 0 saturated heterocycles. The van der Waals surface area contributed by atoms with Crippen LogP contribution in [0.4, 0.5) is 14.5 Å². The normalized spacial score (nSPS) is 10.2. The third-order valence-corrected chi connectivity index (χ3v) is 2.11. The van der Waals surface area contributed by atoms with Crippen LogP contribution < -0.4 is 0 Å². The third kappa shape index (κ3) is 2.06. The van der Waals surface area contributed by atoms with Crippen LogP contribution in [0.3, 0.4) is 0 Å². The maximum absolute atomic E-state index is 12.5. The SMILES string of the molecule is N#Cc1c([N+](=O)[O-])cnc(C(F)F)c1CCl. The molecule has 16 heavy (non-hydrogen) atoms. The van der Waals surface area contributed by atoms with E-state index in [1.807, 2.05) is 0 Å². The number of aromatic nitrogens is 1. The van der Waals surface area contributed by atoms with Gasteiger partial charge in [-0.05, 0) is 0 Å².